The van der Waals surface area contributed by atoms with E-state index in [0.717, 1.165) is 31.4 Å². The zero-order valence-corrected chi connectivity index (χ0v) is 14.5. The van der Waals surface area contributed by atoms with Gasteiger partial charge >= 0.3 is 0 Å². The summed E-state index contributed by atoms with van der Waals surface area (Å²) in [7, 11) is 0. The normalized spacial score (nSPS) is 27.6. The zero-order chi connectivity index (χ0) is 17.7. The van der Waals surface area contributed by atoms with Crippen LogP contribution in [0.15, 0.2) is 30.3 Å². The molecule has 0 aliphatic carbocycles. The molecule has 3 N–H and O–H groups in total. The molecule has 2 saturated heterocycles. The van der Waals surface area contributed by atoms with Crippen molar-refractivity contribution in [2.75, 3.05) is 26.2 Å². The first-order valence-corrected chi connectivity index (χ1v) is 9.15. The standard InChI is InChI=1S/C19H27N3O3/c23-16-13-20-11-10-19(16,15-7-3-1-4-8-15)21-17(24)14-22-12-6-2-5-9-18(22)25/h1,3-4,7-8,16,20,23H,2,5-6,9-14H2,(H,21,24)/t16-,19-/m1/s1. The van der Waals surface area contributed by atoms with Gasteiger partial charge in [-0.05, 0) is 31.4 Å². The Morgan fingerprint density at radius 1 is 1.28 bits per heavy atom. The number of β-amino-alcohol motifs (C(OH)–C–C–N with tert-alkyl or cyclic N) is 1. The fraction of sp³-hybridized carbons (Fsp3) is 0.579. The Labute approximate surface area is 148 Å². The van der Waals surface area contributed by atoms with Crippen LogP contribution in [-0.2, 0) is 15.1 Å². The number of hydrogen-bond donors (Lipinski definition) is 3. The molecule has 2 fully saturated rings. The van der Waals surface area contributed by atoms with E-state index in [9.17, 15) is 14.7 Å². The van der Waals surface area contributed by atoms with Crippen LogP contribution in [0, 0.1) is 0 Å². The van der Waals surface area contributed by atoms with Gasteiger partial charge in [0.15, 0.2) is 0 Å². The summed E-state index contributed by atoms with van der Waals surface area (Å²) in [6, 6.07) is 9.62. The maximum Gasteiger partial charge on any atom is 0.240 e. The second-order valence-electron chi connectivity index (χ2n) is 6.98. The van der Waals surface area contributed by atoms with E-state index in [1.165, 1.54) is 0 Å². The van der Waals surface area contributed by atoms with Crippen LogP contribution in [0.1, 0.15) is 37.7 Å². The molecule has 2 heterocycles. The summed E-state index contributed by atoms with van der Waals surface area (Å²) in [6.07, 6.45) is 3.28. The second-order valence-corrected chi connectivity index (χ2v) is 6.98. The van der Waals surface area contributed by atoms with Crippen LogP contribution in [-0.4, -0.2) is 54.1 Å². The Hall–Kier alpha value is -1.92. The van der Waals surface area contributed by atoms with Crippen molar-refractivity contribution in [3.05, 3.63) is 35.9 Å². The number of likely N-dealkylation sites (tertiary alicyclic amines) is 1. The number of amides is 2. The van der Waals surface area contributed by atoms with Gasteiger partial charge < -0.3 is 20.6 Å². The maximum absolute atomic E-state index is 12.7. The number of nitrogens with one attached hydrogen (secondary N) is 2. The van der Waals surface area contributed by atoms with E-state index >= 15 is 0 Å². The van der Waals surface area contributed by atoms with E-state index in [1.54, 1.807) is 4.90 Å². The smallest absolute Gasteiger partial charge is 0.240 e. The average molecular weight is 345 g/mol. The lowest BCUT2D eigenvalue weighted by atomic mass is 9.79. The number of rotatable bonds is 4. The van der Waals surface area contributed by atoms with Crippen molar-refractivity contribution < 1.29 is 14.7 Å². The molecule has 1 aromatic carbocycles. The van der Waals surface area contributed by atoms with E-state index in [1.807, 2.05) is 30.3 Å². The Morgan fingerprint density at radius 2 is 2.08 bits per heavy atom. The number of aliphatic hydroxyl groups is 1. The first kappa shape index (κ1) is 17.9. The van der Waals surface area contributed by atoms with Crippen LogP contribution >= 0.6 is 0 Å². The van der Waals surface area contributed by atoms with Crippen LogP contribution in [0.2, 0.25) is 0 Å². The largest absolute Gasteiger partial charge is 0.389 e. The van der Waals surface area contributed by atoms with Crippen LogP contribution in [0.25, 0.3) is 0 Å². The molecule has 6 heteroatoms. The molecular weight excluding hydrogens is 318 g/mol. The van der Waals surface area contributed by atoms with Crippen molar-refractivity contribution in [3.63, 3.8) is 0 Å². The molecule has 25 heavy (non-hydrogen) atoms. The van der Waals surface area contributed by atoms with Crippen LogP contribution < -0.4 is 10.6 Å². The summed E-state index contributed by atoms with van der Waals surface area (Å²) in [5.74, 6) is -0.160. The molecule has 3 rings (SSSR count). The van der Waals surface area contributed by atoms with Gasteiger partial charge in [0.2, 0.25) is 11.8 Å². The van der Waals surface area contributed by atoms with Crippen molar-refractivity contribution in [2.45, 2.75) is 43.7 Å². The lowest BCUT2D eigenvalue weighted by Crippen LogP contribution is -2.62. The summed E-state index contributed by atoms with van der Waals surface area (Å²) in [5, 5.41) is 16.9. The minimum atomic E-state index is -0.807. The number of piperidine rings is 1. The van der Waals surface area contributed by atoms with Gasteiger partial charge in [-0.15, -0.1) is 0 Å². The lowest BCUT2D eigenvalue weighted by Gasteiger charge is -2.43. The highest BCUT2D eigenvalue weighted by Crippen LogP contribution is 2.31. The molecule has 0 unspecified atom stereocenters. The van der Waals surface area contributed by atoms with Gasteiger partial charge in [-0.3, -0.25) is 9.59 Å². The van der Waals surface area contributed by atoms with Crippen molar-refractivity contribution >= 4 is 11.8 Å². The van der Waals surface area contributed by atoms with E-state index in [4.69, 9.17) is 0 Å². The third-order valence-corrected chi connectivity index (χ3v) is 5.26. The second kappa shape index (κ2) is 7.97. The summed E-state index contributed by atoms with van der Waals surface area (Å²) in [5.41, 5.74) is 0.0953. The van der Waals surface area contributed by atoms with E-state index in [2.05, 4.69) is 10.6 Å². The van der Waals surface area contributed by atoms with E-state index < -0.39 is 11.6 Å². The van der Waals surface area contributed by atoms with Gasteiger partial charge in [0.1, 0.15) is 0 Å². The molecule has 0 bridgehead atoms. The number of carbonyl (C=O) groups is 2. The number of carbonyl (C=O) groups excluding carboxylic acids is 2. The molecule has 0 spiro atoms. The minimum Gasteiger partial charge on any atom is -0.389 e. The molecule has 6 nitrogen and oxygen atoms in total. The quantitative estimate of drug-likeness (QED) is 0.752. The first-order valence-electron chi connectivity index (χ1n) is 9.15. The molecule has 0 saturated carbocycles. The molecule has 0 aromatic heterocycles. The van der Waals surface area contributed by atoms with Crippen LogP contribution in [0.3, 0.4) is 0 Å². The molecule has 0 radical (unpaired) electrons. The number of nitrogens with zero attached hydrogens (tertiary/aromatic N) is 1. The van der Waals surface area contributed by atoms with Crippen LogP contribution in [0.4, 0.5) is 0 Å². The van der Waals surface area contributed by atoms with Gasteiger partial charge in [-0.1, -0.05) is 36.8 Å². The number of aliphatic hydroxyl groups excluding tert-OH is 1. The third kappa shape index (κ3) is 4.02. The molecular formula is C19H27N3O3. The Morgan fingerprint density at radius 3 is 2.84 bits per heavy atom. The molecule has 136 valence electrons. The fourth-order valence-electron chi connectivity index (χ4n) is 3.82. The van der Waals surface area contributed by atoms with E-state index in [-0.39, 0.29) is 18.4 Å². The van der Waals surface area contributed by atoms with Gasteiger partial charge in [0.25, 0.3) is 0 Å². The van der Waals surface area contributed by atoms with Gasteiger partial charge in [-0.2, -0.15) is 0 Å². The summed E-state index contributed by atoms with van der Waals surface area (Å²) in [6.45, 7) is 1.84. The fourth-order valence-corrected chi connectivity index (χ4v) is 3.82. The Balaban J connectivity index is 1.76. The SMILES string of the molecule is O=C(CN1CCCCCC1=O)N[C@@]1(c2ccccc2)CCNC[C@H]1O. The lowest BCUT2D eigenvalue weighted by molar-refractivity contribution is -0.137. The van der Waals surface area contributed by atoms with Crippen molar-refractivity contribution in [3.8, 4) is 0 Å². The molecule has 2 aliphatic rings. The first-order chi connectivity index (χ1) is 12.1. The highest BCUT2D eigenvalue weighted by Gasteiger charge is 2.43. The Kier molecular flexibility index (Phi) is 5.71. The minimum absolute atomic E-state index is 0.0484. The predicted molar refractivity (Wildman–Crippen MR) is 94.8 cm³/mol. The predicted octanol–water partition coefficient (Wildman–Crippen LogP) is 0.755. The monoisotopic (exact) mass is 345 g/mol. The highest BCUT2D eigenvalue weighted by molar-refractivity contribution is 5.85. The van der Waals surface area contributed by atoms with Crippen molar-refractivity contribution in [2.24, 2.45) is 0 Å². The molecule has 1 aromatic rings. The molecule has 2 amide bonds. The summed E-state index contributed by atoms with van der Waals surface area (Å²) < 4.78 is 0. The van der Waals surface area contributed by atoms with Gasteiger partial charge in [0, 0.05) is 19.5 Å². The number of benzene rings is 1. The molecule has 2 atom stereocenters. The third-order valence-electron chi connectivity index (χ3n) is 5.26. The van der Waals surface area contributed by atoms with Crippen molar-refractivity contribution in [1.29, 1.82) is 0 Å². The average Bonchev–Trinajstić information content (AvgIpc) is 2.82. The van der Waals surface area contributed by atoms with Crippen LogP contribution in [0.5, 0.6) is 0 Å². The Bertz CT molecular complexity index is 607. The summed E-state index contributed by atoms with van der Waals surface area (Å²) in [4.78, 5) is 26.5. The van der Waals surface area contributed by atoms with Gasteiger partial charge in [-0.25, -0.2) is 0 Å². The summed E-state index contributed by atoms with van der Waals surface area (Å²) >= 11 is 0. The van der Waals surface area contributed by atoms with Crippen molar-refractivity contribution in [1.82, 2.24) is 15.5 Å². The molecule has 2 aliphatic heterocycles. The topological polar surface area (TPSA) is 81.7 Å². The van der Waals surface area contributed by atoms with E-state index in [0.29, 0.717) is 25.9 Å². The van der Waals surface area contributed by atoms with Gasteiger partial charge in [0.05, 0.1) is 18.2 Å². The number of hydrogen-bond acceptors (Lipinski definition) is 4. The maximum atomic E-state index is 12.7. The zero-order valence-electron chi connectivity index (χ0n) is 14.5. The highest BCUT2D eigenvalue weighted by atomic mass is 16.3.